The highest BCUT2D eigenvalue weighted by molar-refractivity contribution is 6.31. The number of nitro benzene ring substituents is 1. The molecule has 0 saturated heterocycles. The van der Waals surface area contributed by atoms with Crippen molar-refractivity contribution in [1.82, 2.24) is 0 Å². The molecule has 0 aliphatic carbocycles. The van der Waals surface area contributed by atoms with Gasteiger partial charge >= 0.3 is 0 Å². The van der Waals surface area contributed by atoms with Crippen LogP contribution in [-0.2, 0) is 6.54 Å². The third kappa shape index (κ3) is 3.43. The molecule has 2 aromatic rings. The predicted octanol–water partition coefficient (Wildman–Crippen LogP) is 4.28. The van der Waals surface area contributed by atoms with Crippen LogP contribution in [0.5, 0.6) is 0 Å². The maximum atomic E-state index is 13.4. The minimum absolute atomic E-state index is 0.0843. The second-order valence-corrected chi connectivity index (χ2v) is 4.54. The van der Waals surface area contributed by atoms with Crippen molar-refractivity contribution in [2.75, 3.05) is 5.32 Å². The van der Waals surface area contributed by atoms with Gasteiger partial charge in [-0.15, -0.1) is 0 Å². The fraction of sp³-hybridized carbons (Fsp3) is 0.0769. The van der Waals surface area contributed by atoms with Crippen molar-refractivity contribution in [2.24, 2.45) is 0 Å². The lowest BCUT2D eigenvalue weighted by molar-refractivity contribution is -0.384. The minimum Gasteiger partial charge on any atom is -0.375 e. The Balaban J connectivity index is 2.27. The van der Waals surface area contributed by atoms with Crippen LogP contribution in [0.3, 0.4) is 0 Å². The average Bonchev–Trinajstić information content (AvgIpc) is 2.41. The van der Waals surface area contributed by atoms with Crippen molar-refractivity contribution >= 4 is 23.0 Å². The number of nitrogens with one attached hydrogen (secondary N) is 1. The van der Waals surface area contributed by atoms with E-state index in [4.69, 9.17) is 11.6 Å². The first-order valence-corrected chi connectivity index (χ1v) is 6.07. The lowest BCUT2D eigenvalue weighted by Gasteiger charge is -2.09. The first-order chi connectivity index (χ1) is 9.88. The van der Waals surface area contributed by atoms with Gasteiger partial charge in [0.1, 0.15) is 23.1 Å². The highest BCUT2D eigenvalue weighted by Gasteiger charge is 2.18. The van der Waals surface area contributed by atoms with Gasteiger partial charge in [0.15, 0.2) is 0 Å². The molecular formula is C13H8ClF3N2O2. The first-order valence-electron chi connectivity index (χ1n) is 5.69. The number of rotatable bonds is 4. The Kier molecular flexibility index (Phi) is 4.32. The summed E-state index contributed by atoms with van der Waals surface area (Å²) in [5.74, 6) is -2.39. The minimum atomic E-state index is -0.843. The molecule has 0 atom stereocenters. The molecule has 0 aromatic heterocycles. The number of benzene rings is 2. The molecule has 0 saturated carbocycles. The summed E-state index contributed by atoms with van der Waals surface area (Å²) in [5.41, 5.74) is -0.504. The standard InChI is InChI=1S/C13H8ClF3N2O2/c14-9-4-13(19(20)21)12(5-11(9)17)18-6-7-1-2-8(15)3-10(7)16/h1-5,18H,6H2. The number of hydrogen-bond donors (Lipinski definition) is 1. The van der Waals surface area contributed by atoms with Crippen molar-refractivity contribution in [3.8, 4) is 0 Å². The van der Waals surface area contributed by atoms with Gasteiger partial charge < -0.3 is 5.32 Å². The van der Waals surface area contributed by atoms with Gasteiger partial charge in [-0.1, -0.05) is 17.7 Å². The number of nitrogens with zero attached hydrogens (tertiary/aromatic N) is 1. The summed E-state index contributed by atoms with van der Waals surface area (Å²) in [6, 6.07) is 4.64. The molecule has 2 rings (SSSR count). The number of anilines is 1. The highest BCUT2D eigenvalue weighted by Crippen LogP contribution is 2.30. The van der Waals surface area contributed by atoms with E-state index in [9.17, 15) is 23.3 Å². The summed E-state index contributed by atoms with van der Waals surface area (Å²) in [5, 5.41) is 13.0. The normalized spacial score (nSPS) is 10.5. The Morgan fingerprint density at radius 1 is 1.14 bits per heavy atom. The van der Waals surface area contributed by atoms with Gasteiger partial charge in [-0.3, -0.25) is 10.1 Å². The first kappa shape index (κ1) is 15.1. The van der Waals surface area contributed by atoms with E-state index in [2.05, 4.69) is 5.32 Å². The Hall–Kier alpha value is -2.28. The molecule has 1 N–H and O–H groups in total. The Labute approximate surface area is 122 Å². The van der Waals surface area contributed by atoms with E-state index in [-0.39, 0.29) is 22.8 Å². The van der Waals surface area contributed by atoms with E-state index in [1.807, 2.05) is 0 Å². The molecule has 0 aliphatic rings. The average molecular weight is 317 g/mol. The number of nitro groups is 1. The van der Waals surface area contributed by atoms with Gasteiger partial charge in [0.2, 0.25) is 0 Å². The van der Waals surface area contributed by atoms with Gasteiger partial charge in [-0.25, -0.2) is 13.2 Å². The van der Waals surface area contributed by atoms with Crippen molar-refractivity contribution in [2.45, 2.75) is 6.54 Å². The van der Waals surface area contributed by atoms with Crippen molar-refractivity contribution in [1.29, 1.82) is 0 Å². The quantitative estimate of drug-likeness (QED) is 0.676. The smallest absolute Gasteiger partial charge is 0.294 e. The molecule has 0 bridgehead atoms. The summed E-state index contributed by atoms with van der Waals surface area (Å²) >= 11 is 5.48. The second kappa shape index (κ2) is 6.01. The predicted molar refractivity (Wildman–Crippen MR) is 71.7 cm³/mol. The molecule has 0 heterocycles. The number of hydrogen-bond acceptors (Lipinski definition) is 3. The van der Waals surface area contributed by atoms with Gasteiger partial charge in [-0.2, -0.15) is 0 Å². The summed E-state index contributed by atoms with van der Waals surface area (Å²) in [7, 11) is 0. The molecule has 2 aromatic carbocycles. The monoisotopic (exact) mass is 316 g/mol. The molecule has 0 spiro atoms. The zero-order valence-corrected chi connectivity index (χ0v) is 11.1. The van der Waals surface area contributed by atoms with E-state index in [0.717, 1.165) is 18.2 Å². The molecular weight excluding hydrogens is 309 g/mol. The molecule has 0 unspecified atom stereocenters. The van der Waals surface area contributed by atoms with Crippen molar-refractivity contribution < 1.29 is 18.1 Å². The Bertz CT molecular complexity index is 710. The van der Waals surface area contributed by atoms with Crippen LogP contribution in [0.15, 0.2) is 30.3 Å². The van der Waals surface area contributed by atoms with E-state index in [1.165, 1.54) is 6.07 Å². The second-order valence-electron chi connectivity index (χ2n) is 4.13. The van der Waals surface area contributed by atoms with Gasteiger partial charge in [0.05, 0.1) is 9.95 Å². The Morgan fingerprint density at radius 2 is 1.86 bits per heavy atom. The van der Waals surface area contributed by atoms with Crippen LogP contribution in [0, 0.1) is 27.6 Å². The Morgan fingerprint density at radius 3 is 2.48 bits per heavy atom. The molecule has 8 heteroatoms. The number of halogens is 4. The van der Waals surface area contributed by atoms with Crippen LogP contribution in [0.25, 0.3) is 0 Å². The SMILES string of the molecule is O=[N+]([O-])c1cc(Cl)c(F)cc1NCc1ccc(F)cc1F. The molecule has 0 fully saturated rings. The molecule has 0 amide bonds. The van der Waals surface area contributed by atoms with Crippen molar-refractivity contribution in [3.05, 3.63) is 68.5 Å². The largest absolute Gasteiger partial charge is 0.375 e. The summed E-state index contributed by atoms with van der Waals surface area (Å²) < 4.78 is 39.6. The molecule has 110 valence electrons. The summed E-state index contributed by atoms with van der Waals surface area (Å²) in [6.45, 7) is -0.173. The van der Waals surface area contributed by atoms with E-state index < -0.39 is 28.1 Å². The van der Waals surface area contributed by atoms with E-state index >= 15 is 0 Å². The zero-order chi connectivity index (χ0) is 15.6. The van der Waals surface area contributed by atoms with Crippen molar-refractivity contribution in [3.63, 3.8) is 0 Å². The van der Waals surface area contributed by atoms with Crippen LogP contribution >= 0.6 is 11.6 Å². The summed E-state index contributed by atoms with van der Waals surface area (Å²) in [6.07, 6.45) is 0. The molecule has 21 heavy (non-hydrogen) atoms. The molecule has 0 radical (unpaired) electrons. The lowest BCUT2D eigenvalue weighted by atomic mass is 10.2. The maximum Gasteiger partial charge on any atom is 0.294 e. The van der Waals surface area contributed by atoms with Crippen LogP contribution in [-0.4, -0.2) is 4.92 Å². The lowest BCUT2D eigenvalue weighted by Crippen LogP contribution is -2.05. The fourth-order valence-electron chi connectivity index (χ4n) is 1.68. The van der Waals surface area contributed by atoms with Gasteiger partial charge in [0, 0.05) is 30.3 Å². The van der Waals surface area contributed by atoms with Crippen LogP contribution < -0.4 is 5.32 Å². The summed E-state index contributed by atoms with van der Waals surface area (Å²) in [4.78, 5) is 10.1. The van der Waals surface area contributed by atoms with E-state index in [0.29, 0.717) is 6.07 Å². The van der Waals surface area contributed by atoms with Gasteiger partial charge in [-0.05, 0) is 6.07 Å². The van der Waals surface area contributed by atoms with Crippen LogP contribution in [0.4, 0.5) is 24.5 Å². The maximum absolute atomic E-state index is 13.4. The van der Waals surface area contributed by atoms with Gasteiger partial charge in [0.25, 0.3) is 5.69 Å². The molecule has 0 aliphatic heterocycles. The van der Waals surface area contributed by atoms with Crippen LogP contribution in [0.2, 0.25) is 5.02 Å². The fourth-order valence-corrected chi connectivity index (χ4v) is 1.84. The highest BCUT2D eigenvalue weighted by atomic mass is 35.5. The molecule has 4 nitrogen and oxygen atoms in total. The third-order valence-electron chi connectivity index (χ3n) is 2.72. The zero-order valence-electron chi connectivity index (χ0n) is 10.4. The van der Waals surface area contributed by atoms with E-state index in [1.54, 1.807) is 0 Å². The topological polar surface area (TPSA) is 55.2 Å². The van der Waals surface area contributed by atoms with Crippen LogP contribution in [0.1, 0.15) is 5.56 Å². The third-order valence-corrected chi connectivity index (χ3v) is 3.01.